The smallest absolute Gasteiger partial charge is 0.256 e. The van der Waals surface area contributed by atoms with Gasteiger partial charge in [0.25, 0.3) is 5.91 Å². The monoisotopic (exact) mass is 288 g/mol. The summed E-state index contributed by atoms with van der Waals surface area (Å²) in [4.78, 5) is 14.8. The second-order valence-electron chi connectivity index (χ2n) is 6.35. The first kappa shape index (κ1) is 14.4. The number of ether oxygens (including phenoxy) is 1. The molecule has 1 unspecified atom stereocenters. The molecule has 4 nitrogen and oxygen atoms in total. The standard InChI is InChI=1S/C17H24N2O2/c1-17(21-2)9-5-11-19(12-17)16(20)14-8-3-6-13-7-4-10-18-15(13)14/h3,6,8,18H,4-5,7,9-12H2,1-2H3. The zero-order chi connectivity index (χ0) is 14.9. The molecule has 1 N–H and O–H groups in total. The molecule has 3 rings (SSSR count). The Morgan fingerprint density at radius 3 is 3.05 bits per heavy atom. The average molecular weight is 288 g/mol. The van der Waals surface area contributed by atoms with E-state index in [0.717, 1.165) is 50.0 Å². The largest absolute Gasteiger partial charge is 0.384 e. The molecule has 0 radical (unpaired) electrons. The number of fused-ring (bicyclic) bond motifs is 1. The molecular formula is C17H24N2O2. The van der Waals surface area contributed by atoms with Crippen molar-refractivity contribution in [3.05, 3.63) is 29.3 Å². The summed E-state index contributed by atoms with van der Waals surface area (Å²) < 4.78 is 5.60. The average Bonchev–Trinajstić information content (AvgIpc) is 2.54. The fraction of sp³-hybridized carbons (Fsp3) is 0.588. The molecule has 2 aliphatic rings. The van der Waals surface area contributed by atoms with Crippen LogP contribution in [0.25, 0.3) is 0 Å². The Kier molecular flexibility index (Phi) is 3.89. The van der Waals surface area contributed by atoms with Crippen molar-refractivity contribution >= 4 is 11.6 Å². The molecule has 0 spiro atoms. The van der Waals surface area contributed by atoms with Crippen LogP contribution in [0.1, 0.15) is 42.1 Å². The van der Waals surface area contributed by atoms with Crippen LogP contribution in [0.15, 0.2) is 18.2 Å². The molecule has 0 aromatic heterocycles. The van der Waals surface area contributed by atoms with Crippen LogP contribution in [0.5, 0.6) is 0 Å². The van der Waals surface area contributed by atoms with Crippen LogP contribution in [0.2, 0.25) is 0 Å². The fourth-order valence-corrected chi connectivity index (χ4v) is 3.40. The number of nitrogens with zero attached hydrogens (tertiary/aromatic N) is 1. The number of likely N-dealkylation sites (tertiary alicyclic amines) is 1. The van der Waals surface area contributed by atoms with E-state index in [-0.39, 0.29) is 11.5 Å². The van der Waals surface area contributed by atoms with Gasteiger partial charge in [-0.05, 0) is 44.2 Å². The quantitative estimate of drug-likeness (QED) is 0.909. The van der Waals surface area contributed by atoms with Crippen LogP contribution in [-0.2, 0) is 11.2 Å². The molecule has 21 heavy (non-hydrogen) atoms. The van der Waals surface area contributed by atoms with Crippen molar-refractivity contribution in [3.63, 3.8) is 0 Å². The van der Waals surface area contributed by atoms with Gasteiger partial charge in [0.1, 0.15) is 0 Å². The lowest BCUT2D eigenvalue weighted by atomic mass is 9.93. The number of carbonyl (C=O) groups is 1. The Morgan fingerprint density at radius 1 is 1.38 bits per heavy atom. The number of carbonyl (C=O) groups excluding carboxylic acids is 1. The number of benzene rings is 1. The van der Waals surface area contributed by atoms with E-state index in [0.29, 0.717) is 6.54 Å². The van der Waals surface area contributed by atoms with Gasteiger partial charge in [-0.2, -0.15) is 0 Å². The van der Waals surface area contributed by atoms with E-state index < -0.39 is 0 Å². The Morgan fingerprint density at radius 2 is 2.24 bits per heavy atom. The van der Waals surface area contributed by atoms with Gasteiger partial charge in [0.05, 0.1) is 16.9 Å². The van der Waals surface area contributed by atoms with Crippen LogP contribution in [-0.4, -0.2) is 43.2 Å². The topological polar surface area (TPSA) is 41.6 Å². The fourth-order valence-electron chi connectivity index (χ4n) is 3.40. The summed E-state index contributed by atoms with van der Waals surface area (Å²) in [5, 5.41) is 3.41. The van der Waals surface area contributed by atoms with Crippen molar-refractivity contribution in [3.8, 4) is 0 Å². The number of amides is 1. The minimum absolute atomic E-state index is 0.129. The Hall–Kier alpha value is -1.55. The summed E-state index contributed by atoms with van der Waals surface area (Å²) in [6, 6.07) is 6.06. The zero-order valence-corrected chi connectivity index (χ0v) is 12.9. The lowest BCUT2D eigenvalue weighted by Gasteiger charge is -2.39. The molecule has 1 saturated heterocycles. The van der Waals surface area contributed by atoms with E-state index in [1.165, 1.54) is 5.56 Å². The molecule has 1 fully saturated rings. The Labute approximate surface area is 126 Å². The number of nitrogens with one attached hydrogen (secondary N) is 1. The van der Waals surface area contributed by atoms with Crippen LogP contribution >= 0.6 is 0 Å². The van der Waals surface area contributed by atoms with Gasteiger partial charge in [0.2, 0.25) is 0 Å². The third-order valence-corrected chi connectivity index (χ3v) is 4.74. The number of para-hydroxylation sites is 1. The van der Waals surface area contributed by atoms with E-state index in [9.17, 15) is 4.79 Å². The predicted molar refractivity (Wildman–Crippen MR) is 83.8 cm³/mol. The summed E-state index contributed by atoms with van der Waals surface area (Å²) in [7, 11) is 1.74. The summed E-state index contributed by atoms with van der Waals surface area (Å²) in [6.45, 7) is 4.53. The van der Waals surface area contributed by atoms with Crippen molar-refractivity contribution in [1.29, 1.82) is 0 Å². The Balaban J connectivity index is 1.85. The lowest BCUT2D eigenvalue weighted by molar-refractivity contribution is -0.0439. The molecule has 1 aromatic carbocycles. The molecule has 4 heteroatoms. The number of methoxy groups -OCH3 is 1. The zero-order valence-electron chi connectivity index (χ0n) is 12.9. The van der Waals surface area contributed by atoms with Gasteiger partial charge in [0, 0.05) is 26.7 Å². The van der Waals surface area contributed by atoms with Gasteiger partial charge in [-0.25, -0.2) is 0 Å². The van der Waals surface area contributed by atoms with Gasteiger partial charge >= 0.3 is 0 Å². The third-order valence-electron chi connectivity index (χ3n) is 4.74. The first-order valence-electron chi connectivity index (χ1n) is 7.83. The molecule has 1 aromatic rings. The summed E-state index contributed by atoms with van der Waals surface area (Å²) in [5.41, 5.74) is 2.90. The normalized spacial score (nSPS) is 25.1. The highest BCUT2D eigenvalue weighted by Gasteiger charge is 2.34. The van der Waals surface area contributed by atoms with Gasteiger partial charge in [-0.3, -0.25) is 4.79 Å². The molecule has 0 bridgehead atoms. The van der Waals surface area contributed by atoms with Gasteiger partial charge < -0.3 is 15.0 Å². The molecule has 0 saturated carbocycles. The van der Waals surface area contributed by atoms with Crippen molar-refractivity contribution < 1.29 is 9.53 Å². The highest BCUT2D eigenvalue weighted by molar-refractivity contribution is 6.00. The van der Waals surface area contributed by atoms with E-state index >= 15 is 0 Å². The minimum Gasteiger partial charge on any atom is -0.384 e. The summed E-state index contributed by atoms with van der Waals surface area (Å²) in [5.74, 6) is 0.129. The molecule has 2 aliphatic heterocycles. The van der Waals surface area contributed by atoms with E-state index in [4.69, 9.17) is 4.74 Å². The van der Waals surface area contributed by atoms with E-state index in [1.54, 1.807) is 7.11 Å². The van der Waals surface area contributed by atoms with Gasteiger partial charge in [-0.1, -0.05) is 12.1 Å². The first-order chi connectivity index (χ1) is 10.1. The highest BCUT2D eigenvalue weighted by atomic mass is 16.5. The van der Waals surface area contributed by atoms with Crippen LogP contribution in [0.3, 0.4) is 0 Å². The lowest BCUT2D eigenvalue weighted by Crippen LogP contribution is -2.49. The van der Waals surface area contributed by atoms with Crippen LogP contribution in [0, 0.1) is 0 Å². The van der Waals surface area contributed by atoms with Crippen LogP contribution in [0.4, 0.5) is 5.69 Å². The molecule has 1 atom stereocenters. The minimum atomic E-state index is -0.212. The van der Waals surface area contributed by atoms with Gasteiger partial charge in [0.15, 0.2) is 0 Å². The summed E-state index contributed by atoms with van der Waals surface area (Å²) >= 11 is 0. The number of rotatable bonds is 2. The van der Waals surface area contributed by atoms with E-state index in [1.807, 2.05) is 17.0 Å². The van der Waals surface area contributed by atoms with Crippen LogP contribution < -0.4 is 5.32 Å². The molecule has 0 aliphatic carbocycles. The van der Waals surface area contributed by atoms with Crippen molar-refractivity contribution in [2.45, 2.75) is 38.2 Å². The maximum atomic E-state index is 12.9. The Bertz CT molecular complexity index is 544. The first-order valence-corrected chi connectivity index (χ1v) is 7.83. The number of anilines is 1. The highest BCUT2D eigenvalue weighted by Crippen LogP contribution is 2.30. The number of aryl methyl sites for hydroxylation is 1. The van der Waals surface area contributed by atoms with E-state index in [2.05, 4.69) is 18.3 Å². The van der Waals surface area contributed by atoms with Crippen molar-refractivity contribution in [2.75, 3.05) is 32.1 Å². The number of hydrogen-bond donors (Lipinski definition) is 1. The van der Waals surface area contributed by atoms with Crippen molar-refractivity contribution in [2.24, 2.45) is 0 Å². The number of piperidine rings is 1. The summed E-state index contributed by atoms with van der Waals surface area (Å²) in [6.07, 6.45) is 4.20. The molecular weight excluding hydrogens is 264 g/mol. The second-order valence-corrected chi connectivity index (χ2v) is 6.35. The number of hydrogen-bond acceptors (Lipinski definition) is 3. The predicted octanol–water partition coefficient (Wildman–Crippen LogP) is 2.69. The maximum absolute atomic E-state index is 12.9. The maximum Gasteiger partial charge on any atom is 0.256 e. The van der Waals surface area contributed by atoms with Crippen molar-refractivity contribution in [1.82, 2.24) is 4.90 Å². The van der Waals surface area contributed by atoms with Gasteiger partial charge in [-0.15, -0.1) is 0 Å². The molecule has 2 heterocycles. The third kappa shape index (κ3) is 2.77. The molecule has 114 valence electrons. The molecule has 1 amide bonds. The SMILES string of the molecule is COC1(C)CCCN(C(=O)c2cccc3c2NCCC3)C1. The second kappa shape index (κ2) is 5.68.